The third-order valence-corrected chi connectivity index (χ3v) is 5.04. The Morgan fingerprint density at radius 2 is 2.29 bits per heavy atom. The van der Waals surface area contributed by atoms with Crippen LogP contribution < -0.4 is 10.5 Å². The van der Waals surface area contributed by atoms with Gasteiger partial charge in [0.1, 0.15) is 0 Å². The van der Waals surface area contributed by atoms with Crippen molar-refractivity contribution in [3.8, 4) is 5.75 Å². The normalized spacial score (nSPS) is 20.4. The van der Waals surface area contributed by atoms with Gasteiger partial charge in [0, 0.05) is 13.1 Å². The fourth-order valence-electron chi connectivity index (χ4n) is 2.12. The number of aliphatic hydroxyl groups is 1. The van der Waals surface area contributed by atoms with E-state index in [0.29, 0.717) is 0 Å². The molecule has 1 heterocycles. The minimum Gasteiger partial charge on any atom is -0.492 e. The molecule has 1 saturated heterocycles. The molecule has 3 N–H and O–H groups in total. The lowest BCUT2D eigenvalue weighted by atomic mass is 10.3. The summed E-state index contributed by atoms with van der Waals surface area (Å²) in [5.74, 6) is -1.03. The highest BCUT2D eigenvalue weighted by molar-refractivity contribution is 7.89. The van der Waals surface area contributed by atoms with E-state index in [-0.39, 0.29) is 42.6 Å². The van der Waals surface area contributed by atoms with E-state index in [2.05, 4.69) is 0 Å². The van der Waals surface area contributed by atoms with Gasteiger partial charge in [-0.1, -0.05) is 0 Å². The first kappa shape index (κ1) is 16.0. The number of ether oxygens (including phenoxy) is 2. The highest BCUT2D eigenvalue weighted by Gasteiger charge is 2.31. The van der Waals surface area contributed by atoms with Gasteiger partial charge in [-0.15, -0.1) is 0 Å². The summed E-state index contributed by atoms with van der Waals surface area (Å²) in [5.41, 5.74) is 5.51. The Kier molecular flexibility index (Phi) is 4.67. The van der Waals surface area contributed by atoms with Crippen molar-refractivity contribution in [1.29, 1.82) is 0 Å². The first-order valence-corrected chi connectivity index (χ1v) is 7.69. The first-order valence-electron chi connectivity index (χ1n) is 6.25. The molecule has 1 unspecified atom stereocenters. The minimum atomic E-state index is -3.91. The molecule has 0 aromatic heterocycles. The number of benzene rings is 1. The van der Waals surface area contributed by atoms with Crippen molar-refractivity contribution < 1.29 is 27.4 Å². The average molecular weight is 320 g/mol. The van der Waals surface area contributed by atoms with Crippen LogP contribution in [0.3, 0.4) is 0 Å². The van der Waals surface area contributed by atoms with Crippen molar-refractivity contribution in [1.82, 2.24) is 4.31 Å². The summed E-state index contributed by atoms with van der Waals surface area (Å²) in [5, 5.41) is 9.06. The molecular weight excluding hydrogens is 303 g/mol. The molecule has 118 valence electrons. The van der Waals surface area contributed by atoms with E-state index in [1.807, 2.05) is 0 Å². The van der Waals surface area contributed by atoms with Gasteiger partial charge in [0.05, 0.1) is 37.0 Å². The van der Waals surface area contributed by atoms with Gasteiger partial charge in [0.2, 0.25) is 10.0 Å². The van der Waals surface area contributed by atoms with Gasteiger partial charge in [0.15, 0.2) is 11.6 Å². The first-order chi connectivity index (χ1) is 9.90. The fourth-order valence-corrected chi connectivity index (χ4v) is 3.63. The third kappa shape index (κ3) is 3.10. The monoisotopic (exact) mass is 320 g/mol. The standard InChI is InChI=1S/C12H17FN2O5S/c1-19-12-10(13)4-9(5-11(12)14)21(17,18)15-2-3-20-8(6-15)7-16/h4-5,8,16H,2-3,6-7,14H2,1H3. The van der Waals surface area contributed by atoms with Gasteiger partial charge < -0.3 is 20.3 Å². The van der Waals surface area contributed by atoms with Crippen LogP contribution in [-0.2, 0) is 14.8 Å². The highest BCUT2D eigenvalue weighted by Crippen LogP contribution is 2.30. The zero-order valence-corrected chi connectivity index (χ0v) is 12.3. The van der Waals surface area contributed by atoms with Crippen LogP contribution in [-0.4, -0.2) is 57.3 Å². The average Bonchev–Trinajstić information content (AvgIpc) is 2.47. The molecule has 1 aliphatic rings. The molecule has 0 amide bonds. The predicted octanol–water partition coefficient (Wildman–Crippen LogP) is -0.202. The van der Waals surface area contributed by atoms with Crippen molar-refractivity contribution in [2.45, 2.75) is 11.0 Å². The topological polar surface area (TPSA) is 102 Å². The van der Waals surface area contributed by atoms with E-state index < -0.39 is 21.9 Å². The van der Waals surface area contributed by atoms with E-state index in [0.717, 1.165) is 16.4 Å². The van der Waals surface area contributed by atoms with Crippen molar-refractivity contribution in [3.63, 3.8) is 0 Å². The minimum absolute atomic E-state index is 0.00634. The van der Waals surface area contributed by atoms with Crippen LogP contribution in [0.25, 0.3) is 0 Å². The maximum Gasteiger partial charge on any atom is 0.243 e. The van der Waals surface area contributed by atoms with E-state index in [4.69, 9.17) is 20.3 Å². The summed E-state index contributed by atoms with van der Waals surface area (Å²) in [6.45, 7) is 0.0164. The van der Waals surface area contributed by atoms with E-state index in [9.17, 15) is 12.8 Å². The molecule has 7 nitrogen and oxygen atoms in total. The molecule has 2 rings (SSSR count). The molecule has 1 atom stereocenters. The number of anilines is 1. The van der Waals surface area contributed by atoms with Crippen molar-refractivity contribution >= 4 is 15.7 Å². The predicted molar refractivity (Wildman–Crippen MR) is 72.9 cm³/mol. The van der Waals surface area contributed by atoms with Crippen LogP contribution in [0.4, 0.5) is 10.1 Å². The van der Waals surface area contributed by atoms with Crippen LogP contribution >= 0.6 is 0 Å². The molecule has 21 heavy (non-hydrogen) atoms. The zero-order valence-electron chi connectivity index (χ0n) is 11.5. The lowest BCUT2D eigenvalue weighted by molar-refractivity contribution is -0.0304. The SMILES string of the molecule is COc1c(N)cc(S(=O)(=O)N2CCOC(CO)C2)cc1F. The summed E-state index contributed by atoms with van der Waals surface area (Å²) in [6, 6.07) is 2.02. The van der Waals surface area contributed by atoms with E-state index in [1.165, 1.54) is 7.11 Å². The maximum atomic E-state index is 13.8. The molecule has 0 spiro atoms. The van der Waals surface area contributed by atoms with Crippen LogP contribution in [0.5, 0.6) is 5.75 Å². The number of hydrogen-bond donors (Lipinski definition) is 2. The molecule has 1 aromatic rings. The fraction of sp³-hybridized carbons (Fsp3) is 0.500. The number of sulfonamides is 1. The molecule has 0 saturated carbocycles. The molecular formula is C12H17FN2O5S. The second kappa shape index (κ2) is 6.14. The second-order valence-electron chi connectivity index (χ2n) is 4.57. The second-order valence-corrected chi connectivity index (χ2v) is 6.50. The van der Waals surface area contributed by atoms with E-state index >= 15 is 0 Å². The number of nitrogens with zero attached hydrogens (tertiary/aromatic N) is 1. The number of nitrogen functional groups attached to an aromatic ring is 1. The lowest BCUT2D eigenvalue weighted by Crippen LogP contribution is -2.46. The zero-order chi connectivity index (χ0) is 15.6. The lowest BCUT2D eigenvalue weighted by Gasteiger charge is -2.31. The number of rotatable bonds is 4. The van der Waals surface area contributed by atoms with Crippen LogP contribution in [0.15, 0.2) is 17.0 Å². The summed E-state index contributed by atoms with van der Waals surface area (Å²) >= 11 is 0. The van der Waals surface area contributed by atoms with Crippen molar-refractivity contribution in [2.24, 2.45) is 0 Å². The molecule has 0 radical (unpaired) electrons. The van der Waals surface area contributed by atoms with Crippen LogP contribution in [0, 0.1) is 5.82 Å². The summed E-state index contributed by atoms with van der Waals surface area (Å²) in [7, 11) is -2.66. The summed E-state index contributed by atoms with van der Waals surface area (Å²) in [4.78, 5) is -0.253. The Hall–Kier alpha value is -1.42. The summed E-state index contributed by atoms with van der Waals surface area (Å²) < 4.78 is 49.9. The number of halogens is 1. The maximum absolute atomic E-state index is 13.8. The van der Waals surface area contributed by atoms with Gasteiger partial charge in [-0.25, -0.2) is 12.8 Å². The smallest absolute Gasteiger partial charge is 0.243 e. The Morgan fingerprint density at radius 3 is 2.86 bits per heavy atom. The highest BCUT2D eigenvalue weighted by atomic mass is 32.2. The molecule has 0 aliphatic carbocycles. The van der Waals surface area contributed by atoms with Gasteiger partial charge >= 0.3 is 0 Å². The molecule has 1 fully saturated rings. The van der Waals surface area contributed by atoms with Gasteiger partial charge in [-0.2, -0.15) is 4.31 Å². The third-order valence-electron chi connectivity index (χ3n) is 3.19. The molecule has 1 aliphatic heterocycles. The Morgan fingerprint density at radius 1 is 1.57 bits per heavy atom. The van der Waals surface area contributed by atoms with Crippen LogP contribution in [0.1, 0.15) is 0 Å². The number of aliphatic hydroxyl groups excluding tert-OH is 1. The van der Waals surface area contributed by atoms with Crippen LogP contribution in [0.2, 0.25) is 0 Å². The van der Waals surface area contributed by atoms with Crippen molar-refractivity contribution in [3.05, 3.63) is 17.9 Å². The number of hydrogen-bond acceptors (Lipinski definition) is 6. The van der Waals surface area contributed by atoms with Gasteiger partial charge in [-0.05, 0) is 12.1 Å². The number of methoxy groups -OCH3 is 1. The molecule has 9 heteroatoms. The largest absolute Gasteiger partial charge is 0.492 e. The number of morpholine rings is 1. The Balaban J connectivity index is 2.35. The van der Waals surface area contributed by atoms with Gasteiger partial charge in [-0.3, -0.25) is 0 Å². The Labute approximate surface area is 122 Å². The molecule has 1 aromatic carbocycles. The molecule has 0 bridgehead atoms. The Bertz CT molecular complexity index is 599. The summed E-state index contributed by atoms with van der Waals surface area (Å²) in [6.07, 6.45) is -0.589. The van der Waals surface area contributed by atoms with Crippen molar-refractivity contribution in [2.75, 3.05) is 39.1 Å². The quantitative estimate of drug-likeness (QED) is 0.745. The number of nitrogens with two attached hydrogens (primary N) is 1. The van der Waals surface area contributed by atoms with Gasteiger partial charge in [0.25, 0.3) is 0 Å². The van der Waals surface area contributed by atoms with E-state index in [1.54, 1.807) is 0 Å².